The summed E-state index contributed by atoms with van der Waals surface area (Å²) >= 11 is 7.30. The summed E-state index contributed by atoms with van der Waals surface area (Å²) in [6.07, 6.45) is 3.67. The Balaban J connectivity index is 1.74. The van der Waals surface area contributed by atoms with Crippen LogP contribution in [-0.4, -0.2) is 20.5 Å². The molecule has 0 saturated carbocycles. The Morgan fingerprint density at radius 3 is 2.95 bits per heavy atom. The number of aromatic carboxylic acids is 1. The van der Waals surface area contributed by atoms with E-state index in [0.717, 1.165) is 11.3 Å². The molecule has 3 aromatic rings. The number of aromatic nitrogens is 2. The third kappa shape index (κ3) is 2.66. The first-order valence-electron chi connectivity index (χ1n) is 5.71. The van der Waals surface area contributed by atoms with Crippen LogP contribution in [0.2, 0.25) is 5.02 Å². The average Bonchev–Trinajstić information content (AvgIpc) is 3.01. The van der Waals surface area contributed by atoms with E-state index in [2.05, 4.69) is 4.98 Å². The van der Waals surface area contributed by atoms with Gasteiger partial charge in [0.05, 0.1) is 10.7 Å². The molecule has 7 heteroatoms. The van der Waals surface area contributed by atoms with Gasteiger partial charge in [-0.05, 0) is 24.3 Å². The summed E-state index contributed by atoms with van der Waals surface area (Å²) in [5.41, 5.74) is 1.68. The zero-order valence-corrected chi connectivity index (χ0v) is 11.7. The van der Waals surface area contributed by atoms with E-state index in [4.69, 9.17) is 21.1 Å². The first-order valence-corrected chi connectivity index (χ1v) is 7.07. The Bertz CT molecular complexity index is 781. The number of thioether (sulfide) groups is 1. The van der Waals surface area contributed by atoms with Gasteiger partial charge in [-0.25, -0.2) is 9.78 Å². The molecule has 3 heterocycles. The minimum absolute atomic E-state index is 0.0608. The Labute approximate surface area is 123 Å². The average molecular weight is 309 g/mol. The maximum Gasteiger partial charge on any atom is 0.371 e. The maximum absolute atomic E-state index is 10.7. The second-order valence-corrected chi connectivity index (χ2v) is 5.47. The van der Waals surface area contributed by atoms with Crippen LogP contribution in [0.1, 0.15) is 16.2 Å². The van der Waals surface area contributed by atoms with E-state index in [0.29, 0.717) is 15.9 Å². The van der Waals surface area contributed by atoms with Crippen molar-refractivity contribution in [1.29, 1.82) is 0 Å². The standard InChI is InChI=1S/C13H9ClN2O3S/c14-8-1-3-11-15-9(6-16(11)5-8)7-20-12-4-2-10(19-12)13(17)18/h1-6H,7H2,(H,17,18). The molecule has 102 valence electrons. The van der Waals surface area contributed by atoms with Gasteiger partial charge in [0.2, 0.25) is 5.76 Å². The molecule has 0 unspecified atom stereocenters. The highest BCUT2D eigenvalue weighted by atomic mass is 35.5. The molecular formula is C13H9ClN2O3S. The quantitative estimate of drug-likeness (QED) is 0.746. The van der Waals surface area contributed by atoms with Crippen molar-refractivity contribution in [3.05, 3.63) is 53.1 Å². The largest absolute Gasteiger partial charge is 0.475 e. The van der Waals surface area contributed by atoms with Crippen LogP contribution in [0, 0.1) is 0 Å². The third-order valence-electron chi connectivity index (χ3n) is 2.62. The topological polar surface area (TPSA) is 67.7 Å². The van der Waals surface area contributed by atoms with E-state index in [9.17, 15) is 4.79 Å². The number of carboxylic acid groups (broad SMARTS) is 1. The SMILES string of the molecule is O=C(O)c1ccc(SCc2cn3cc(Cl)ccc3n2)o1. The van der Waals surface area contributed by atoms with Crippen molar-refractivity contribution in [2.45, 2.75) is 10.8 Å². The lowest BCUT2D eigenvalue weighted by molar-refractivity contribution is 0.0656. The lowest BCUT2D eigenvalue weighted by Gasteiger charge is -1.93. The molecule has 0 aliphatic carbocycles. The second-order valence-electron chi connectivity index (χ2n) is 4.06. The van der Waals surface area contributed by atoms with Gasteiger partial charge < -0.3 is 13.9 Å². The van der Waals surface area contributed by atoms with E-state index < -0.39 is 5.97 Å². The molecule has 0 aromatic carbocycles. The van der Waals surface area contributed by atoms with Gasteiger partial charge in [-0.1, -0.05) is 23.4 Å². The van der Waals surface area contributed by atoms with Gasteiger partial charge in [0.25, 0.3) is 0 Å². The lowest BCUT2D eigenvalue weighted by atomic mass is 10.5. The number of rotatable bonds is 4. The van der Waals surface area contributed by atoms with Crippen molar-refractivity contribution in [3.8, 4) is 0 Å². The van der Waals surface area contributed by atoms with E-state index in [-0.39, 0.29) is 5.76 Å². The Hall–Kier alpha value is -1.92. The summed E-state index contributed by atoms with van der Waals surface area (Å²) in [5.74, 6) is -0.542. The molecule has 3 rings (SSSR count). The third-order valence-corrected chi connectivity index (χ3v) is 3.79. The molecule has 0 aliphatic heterocycles. The van der Waals surface area contributed by atoms with Crippen molar-refractivity contribution in [1.82, 2.24) is 9.38 Å². The molecule has 3 aromatic heterocycles. The molecule has 0 radical (unpaired) electrons. The zero-order chi connectivity index (χ0) is 14.1. The highest BCUT2D eigenvalue weighted by Crippen LogP contribution is 2.25. The van der Waals surface area contributed by atoms with Crippen LogP contribution >= 0.6 is 23.4 Å². The number of pyridine rings is 1. The van der Waals surface area contributed by atoms with Crippen LogP contribution in [0.15, 0.2) is 46.2 Å². The fraction of sp³-hybridized carbons (Fsp3) is 0.0769. The van der Waals surface area contributed by atoms with Gasteiger partial charge in [0.1, 0.15) is 5.65 Å². The fourth-order valence-corrected chi connectivity index (χ4v) is 2.65. The van der Waals surface area contributed by atoms with Crippen molar-refractivity contribution in [3.63, 3.8) is 0 Å². The smallest absolute Gasteiger partial charge is 0.371 e. The Morgan fingerprint density at radius 1 is 1.35 bits per heavy atom. The summed E-state index contributed by atoms with van der Waals surface area (Å²) < 4.78 is 7.02. The molecule has 0 fully saturated rings. The van der Waals surface area contributed by atoms with Crippen LogP contribution in [0.4, 0.5) is 0 Å². The van der Waals surface area contributed by atoms with E-state index >= 15 is 0 Å². The normalized spacial score (nSPS) is 11.1. The summed E-state index contributed by atoms with van der Waals surface area (Å²) in [6, 6.07) is 6.70. The van der Waals surface area contributed by atoms with E-state index in [1.807, 2.05) is 16.7 Å². The summed E-state index contributed by atoms with van der Waals surface area (Å²) in [5, 5.41) is 9.97. The van der Waals surface area contributed by atoms with Gasteiger partial charge >= 0.3 is 5.97 Å². The number of carbonyl (C=O) groups is 1. The van der Waals surface area contributed by atoms with Gasteiger partial charge in [0.15, 0.2) is 5.09 Å². The van der Waals surface area contributed by atoms with Gasteiger partial charge in [-0.3, -0.25) is 0 Å². The number of furan rings is 1. The zero-order valence-electron chi connectivity index (χ0n) is 10.1. The van der Waals surface area contributed by atoms with Crippen LogP contribution in [0.5, 0.6) is 0 Å². The highest BCUT2D eigenvalue weighted by Gasteiger charge is 2.10. The van der Waals surface area contributed by atoms with Crippen molar-refractivity contribution in [2.75, 3.05) is 0 Å². The Kier molecular flexibility index (Phi) is 3.42. The monoisotopic (exact) mass is 308 g/mol. The van der Waals surface area contributed by atoms with Crippen LogP contribution < -0.4 is 0 Å². The van der Waals surface area contributed by atoms with Crippen LogP contribution in [-0.2, 0) is 5.75 Å². The number of imidazole rings is 1. The maximum atomic E-state index is 10.7. The molecule has 0 aliphatic rings. The highest BCUT2D eigenvalue weighted by molar-refractivity contribution is 7.98. The molecule has 0 spiro atoms. The Morgan fingerprint density at radius 2 is 2.20 bits per heavy atom. The number of hydrogen-bond acceptors (Lipinski definition) is 4. The van der Waals surface area contributed by atoms with Crippen LogP contribution in [0.3, 0.4) is 0 Å². The molecule has 1 N–H and O–H groups in total. The van der Waals surface area contributed by atoms with Crippen molar-refractivity contribution < 1.29 is 14.3 Å². The van der Waals surface area contributed by atoms with E-state index in [1.165, 1.54) is 17.8 Å². The number of fused-ring (bicyclic) bond motifs is 1. The predicted molar refractivity (Wildman–Crippen MR) is 75.4 cm³/mol. The summed E-state index contributed by atoms with van der Waals surface area (Å²) in [4.78, 5) is 15.1. The van der Waals surface area contributed by atoms with E-state index in [1.54, 1.807) is 18.3 Å². The predicted octanol–water partition coefficient (Wildman–Crippen LogP) is 3.57. The molecule has 0 bridgehead atoms. The van der Waals surface area contributed by atoms with Gasteiger partial charge in [0, 0.05) is 18.1 Å². The minimum atomic E-state index is -1.07. The summed E-state index contributed by atoms with van der Waals surface area (Å²) in [7, 11) is 0. The first-order chi connectivity index (χ1) is 9.61. The molecule has 0 atom stereocenters. The number of hydrogen-bond donors (Lipinski definition) is 1. The summed E-state index contributed by atoms with van der Waals surface area (Å²) in [6.45, 7) is 0. The molecule has 0 amide bonds. The lowest BCUT2D eigenvalue weighted by Crippen LogP contribution is -1.91. The number of nitrogens with zero attached hydrogens (tertiary/aromatic N) is 2. The van der Waals surface area contributed by atoms with Crippen molar-refractivity contribution >= 4 is 35.0 Å². The first kappa shape index (κ1) is 13.1. The van der Waals surface area contributed by atoms with Crippen LogP contribution in [0.25, 0.3) is 5.65 Å². The molecular weight excluding hydrogens is 300 g/mol. The molecule has 20 heavy (non-hydrogen) atoms. The second kappa shape index (κ2) is 5.22. The van der Waals surface area contributed by atoms with Gasteiger partial charge in [-0.2, -0.15) is 0 Å². The van der Waals surface area contributed by atoms with Gasteiger partial charge in [-0.15, -0.1) is 0 Å². The number of carboxylic acids is 1. The molecule has 5 nitrogen and oxygen atoms in total. The fourth-order valence-electron chi connectivity index (χ4n) is 1.74. The number of halogens is 1. The molecule has 0 saturated heterocycles. The van der Waals surface area contributed by atoms with Crippen molar-refractivity contribution in [2.24, 2.45) is 0 Å². The minimum Gasteiger partial charge on any atom is -0.475 e.